The van der Waals surface area contributed by atoms with Crippen LogP contribution in [0.15, 0.2) is 78.9 Å². The van der Waals surface area contributed by atoms with Crippen LogP contribution in [0, 0.1) is 0 Å². The van der Waals surface area contributed by atoms with E-state index in [0.717, 1.165) is 22.4 Å². The molecule has 3 aromatic carbocycles. The summed E-state index contributed by atoms with van der Waals surface area (Å²) < 4.78 is 12.1. The summed E-state index contributed by atoms with van der Waals surface area (Å²) in [6.45, 7) is 14.1. The lowest BCUT2D eigenvalue weighted by molar-refractivity contribution is -0.130. The smallest absolute Gasteiger partial charge is 0.417 e. The molecule has 1 fully saturated rings. The van der Waals surface area contributed by atoms with Gasteiger partial charge in [-0.25, -0.2) is 9.69 Å². The van der Waals surface area contributed by atoms with Gasteiger partial charge in [0.2, 0.25) is 5.91 Å². The van der Waals surface area contributed by atoms with E-state index in [2.05, 4.69) is 41.5 Å². The Morgan fingerprint density at radius 2 is 1.34 bits per heavy atom. The first-order chi connectivity index (χ1) is 22.5. The first-order valence-corrected chi connectivity index (χ1v) is 18.8. The van der Waals surface area contributed by atoms with Gasteiger partial charge < -0.3 is 9.16 Å². The molecule has 248 valence electrons. The molecule has 2 aliphatic heterocycles. The summed E-state index contributed by atoms with van der Waals surface area (Å²) >= 11 is 0. The van der Waals surface area contributed by atoms with Crippen molar-refractivity contribution in [3.05, 3.63) is 107 Å². The monoisotopic (exact) mass is 654 g/mol. The van der Waals surface area contributed by atoms with Crippen molar-refractivity contribution < 1.29 is 28.3 Å². The maximum Gasteiger partial charge on any atom is 0.417 e. The number of carbonyl (C=O) groups excluding carboxylic acids is 4. The Hall–Kier alpha value is -4.08. The number of imide groups is 2. The van der Waals surface area contributed by atoms with Gasteiger partial charge in [0.15, 0.2) is 8.32 Å². The molecule has 5 rings (SSSR count). The molecule has 1 saturated heterocycles. The van der Waals surface area contributed by atoms with Gasteiger partial charge in [-0.1, -0.05) is 108 Å². The van der Waals surface area contributed by atoms with Crippen molar-refractivity contribution in [2.45, 2.75) is 83.0 Å². The summed E-state index contributed by atoms with van der Waals surface area (Å²) in [5.41, 5.74) is 4.73. The van der Waals surface area contributed by atoms with E-state index in [9.17, 15) is 19.2 Å². The Labute approximate surface area is 279 Å². The van der Waals surface area contributed by atoms with E-state index in [0.29, 0.717) is 46.3 Å². The standard InChI is InChI=1S/C38H46N2O6Si/c1-25(2)47(26(3)4,27(5)6)46-21-20-28-16-18-30(19-17-28)34(23-39-35(41)32-14-10-11-15-33(32)36(39)42)37(43)40-31(24-45-38(40)44)22-29-12-8-7-9-13-29/h7-19,25-27,31,34H,20-24H2,1-6H3. The van der Waals surface area contributed by atoms with E-state index >= 15 is 0 Å². The van der Waals surface area contributed by atoms with Crippen LogP contribution in [0.2, 0.25) is 16.6 Å². The van der Waals surface area contributed by atoms with Gasteiger partial charge in [0, 0.05) is 13.2 Å². The van der Waals surface area contributed by atoms with Gasteiger partial charge in [0.1, 0.15) is 6.61 Å². The summed E-state index contributed by atoms with van der Waals surface area (Å²) in [5, 5.41) is 0. The lowest BCUT2D eigenvalue weighted by Crippen LogP contribution is -2.48. The van der Waals surface area contributed by atoms with Gasteiger partial charge >= 0.3 is 6.09 Å². The third-order valence-electron chi connectivity index (χ3n) is 9.89. The van der Waals surface area contributed by atoms with E-state index in [1.165, 1.54) is 4.90 Å². The van der Waals surface area contributed by atoms with Gasteiger partial charge in [0.05, 0.1) is 23.1 Å². The zero-order valence-corrected chi connectivity index (χ0v) is 29.3. The van der Waals surface area contributed by atoms with Gasteiger partial charge in [0.25, 0.3) is 11.8 Å². The number of carbonyl (C=O) groups is 4. The van der Waals surface area contributed by atoms with Crippen molar-refractivity contribution in [2.75, 3.05) is 19.8 Å². The molecule has 0 spiro atoms. The minimum atomic E-state index is -2.01. The zero-order valence-electron chi connectivity index (χ0n) is 28.3. The van der Waals surface area contributed by atoms with Crippen LogP contribution >= 0.6 is 0 Å². The fourth-order valence-electron chi connectivity index (χ4n) is 7.61. The van der Waals surface area contributed by atoms with Crippen LogP contribution in [0.5, 0.6) is 0 Å². The lowest BCUT2D eigenvalue weighted by Gasteiger charge is -2.42. The quantitative estimate of drug-likeness (QED) is 0.141. The Bertz CT molecular complexity index is 1550. The molecule has 4 amide bonds. The molecule has 47 heavy (non-hydrogen) atoms. The highest BCUT2D eigenvalue weighted by Crippen LogP contribution is 2.42. The topological polar surface area (TPSA) is 93.2 Å². The zero-order chi connectivity index (χ0) is 33.9. The van der Waals surface area contributed by atoms with Crippen LogP contribution in [0.3, 0.4) is 0 Å². The second-order valence-electron chi connectivity index (χ2n) is 13.6. The van der Waals surface area contributed by atoms with E-state index < -0.39 is 44.1 Å². The van der Waals surface area contributed by atoms with Crippen LogP contribution in [0.1, 0.15) is 84.9 Å². The molecule has 2 aliphatic rings. The molecule has 3 aromatic rings. The fraction of sp³-hybridized carbons (Fsp3) is 0.421. The molecule has 0 aromatic heterocycles. The van der Waals surface area contributed by atoms with Crippen LogP contribution in [-0.4, -0.2) is 67.7 Å². The Balaban J connectivity index is 1.40. The molecule has 2 atom stereocenters. The highest BCUT2D eigenvalue weighted by atomic mass is 28.4. The largest absolute Gasteiger partial charge is 0.447 e. The van der Waals surface area contributed by atoms with Crippen molar-refractivity contribution in [3.63, 3.8) is 0 Å². The Morgan fingerprint density at radius 3 is 1.89 bits per heavy atom. The summed E-state index contributed by atoms with van der Waals surface area (Å²) in [4.78, 5) is 56.4. The Morgan fingerprint density at radius 1 is 0.787 bits per heavy atom. The molecule has 0 aliphatic carbocycles. The normalized spacial score (nSPS) is 17.2. The number of ether oxygens (including phenoxy) is 1. The average Bonchev–Trinajstić information content (AvgIpc) is 3.53. The maximum absolute atomic E-state index is 14.4. The van der Waals surface area contributed by atoms with E-state index in [-0.39, 0.29) is 13.2 Å². The van der Waals surface area contributed by atoms with E-state index in [4.69, 9.17) is 9.16 Å². The minimum Gasteiger partial charge on any atom is -0.447 e. The van der Waals surface area contributed by atoms with Gasteiger partial charge in [-0.15, -0.1) is 0 Å². The summed E-state index contributed by atoms with van der Waals surface area (Å²) in [7, 11) is -2.01. The SMILES string of the molecule is CC(C)[Si](OCCc1ccc(C(CN2C(=O)c3ccccc3C2=O)C(=O)N2C(=O)OCC2Cc2ccccc2)cc1)(C(C)C)C(C)C. The van der Waals surface area contributed by atoms with Crippen molar-refractivity contribution in [2.24, 2.45) is 0 Å². The second kappa shape index (κ2) is 14.4. The summed E-state index contributed by atoms with van der Waals surface area (Å²) in [6.07, 6.45) is 0.436. The highest BCUT2D eigenvalue weighted by Gasteiger charge is 2.46. The molecule has 0 saturated carbocycles. The predicted octanol–water partition coefficient (Wildman–Crippen LogP) is 7.39. The number of amides is 4. The van der Waals surface area contributed by atoms with Crippen LogP contribution in [0.4, 0.5) is 4.79 Å². The van der Waals surface area contributed by atoms with E-state index in [1.54, 1.807) is 24.3 Å². The fourth-order valence-corrected chi connectivity index (χ4v) is 13.1. The van der Waals surface area contributed by atoms with Crippen molar-refractivity contribution >= 4 is 32.1 Å². The van der Waals surface area contributed by atoms with Crippen molar-refractivity contribution in [1.29, 1.82) is 0 Å². The number of cyclic esters (lactones) is 1. The van der Waals surface area contributed by atoms with Crippen LogP contribution in [-0.2, 0) is 26.8 Å². The van der Waals surface area contributed by atoms with Gasteiger partial charge in [-0.2, -0.15) is 0 Å². The third kappa shape index (κ3) is 6.83. The van der Waals surface area contributed by atoms with Crippen molar-refractivity contribution in [3.8, 4) is 0 Å². The molecular formula is C38H46N2O6Si. The molecule has 2 unspecified atom stereocenters. The second-order valence-corrected chi connectivity index (χ2v) is 19.1. The highest BCUT2D eigenvalue weighted by molar-refractivity contribution is 6.77. The van der Waals surface area contributed by atoms with Crippen LogP contribution < -0.4 is 0 Å². The number of nitrogens with zero attached hydrogens (tertiary/aromatic N) is 2. The van der Waals surface area contributed by atoms with Crippen molar-refractivity contribution in [1.82, 2.24) is 9.80 Å². The number of benzene rings is 3. The van der Waals surface area contributed by atoms with Gasteiger partial charge in [-0.3, -0.25) is 19.3 Å². The Kier molecular flexibility index (Phi) is 10.5. The first kappa shape index (κ1) is 34.3. The third-order valence-corrected chi connectivity index (χ3v) is 16.0. The number of fused-ring (bicyclic) bond motifs is 1. The van der Waals surface area contributed by atoms with Gasteiger partial charge in [-0.05, 0) is 58.3 Å². The number of hydrogen-bond acceptors (Lipinski definition) is 6. The number of hydrogen-bond donors (Lipinski definition) is 0. The molecule has 9 heteroatoms. The van der Waals surface area contributed by atoms with E-state index in [1.807, 2.05) is 54.6 Å². The number of rotatable bonds is 13. The predicted molar refractivity (Wildman–Crippen MR) is 184 cm³/mol. The van der Waals surface area contributed by atoms with Crippen LogP contribution in [0.25, 0.3) is 0 Å². The molecule has 0 bridgehead atoms. The molecule has 0 radical (unpaired) electrons. The molecule has 8 nitrogen and oxygen atoms in total. The summed E-state index contributed by atoms with van der Waals surface area (Å²) in [5.74, 6) is -2.36. The summed E-state index contributed by atoms with van der Waals surface area (Å²) in [6, 6.07) is 23.4. The molecular weight excluding hydrogens is 609 g/mol. The average molecular weight is 655 g/mol. The first-order valence-electron chi connectivity index (χ1n) is 16.7. The lowest BCUT2D eigenvalue weighted by atomic mass is 9.94. The minimum absolute atomic E-state index is 0.0755. The molecule has 0 N–H and O–H groups in total. The maximum atomic E-state index is 14.4. The molecule has 2 heterocycles.